The molecule has 2 aliphatic carbocycles. The van der Waals surface area contributed by atoms with Gasteiger partial charge in [-0.3, -0.25) is 4.99 Å². The first-order valence-electron chi connectivity index (χ1n) is 16.2. The molecule has 3 aromatic rings. The first-order valence-corrected chi connectivity index (χ1v) is 17.0. The van der Waals surface area contributed by atoms with Gasteiger partial charge in [-0.25, -0.2) is 10.4 Å². The molecule has 3 N–H and O–H groups in total. The summed E-state index contributed by atoms with van der Waals surface area (Å²) in [6.45, 7) is 9.08. The quantitative estimate of drug-likeness (QED) is 0.0947. The van der Waals surface area contributed by atoms with E-state index in [-0.39, 0.29) is 54.2 Å². The molecule has 4 aliphatic rings. The maximum Gasteiger partial charge on any atom is 0.472 e. The topological polar surface area (TPSA) is 106 Å². The maximum absolute atomic E-state index is 15.6. The SMILES string of the molecule is CCN(CC)c1ccc(C=NCc2ccc(C3=CC4=C5C(=C6c7ccccc7OC6(C)C4(C)S3)C(F)(F)C(F)(F)C5(F)F)cc2)c(O)c1.O=[N+](O)O.[Zn]. The number of ether oxygens (including phenoxy) is 1. The number of anilines is 1. The van der Waals surface area contributed by atoms with Crippen LogP contribution in [0, 0.1) is 4.91 Å². The number of hydrogen-bond acceptors (Lipinski definition) is 6. The number of aromatic hydroxyl groups is 1. The molecule has 0 aromatic heterocycles. The predicted octanol–water partition coefficient (Wildman–Crippen LogP) is 9.08. The molecule has 3 aromatic carbocycles. The normalized spacial score (nSPS) is 23.8. The molecule has 276 valence electrons. The minimum absolute atomic E-state index is 0. The maximum atomic E-state index is 15.6. The fraction of sp³-hybridized carbons (Fsp3) is 0.324. The summed E-state index contributed by atoms with van der Waals surface area (Å²) in [5, 5.41) is 23.0. The Balaban J connectivity index is 0.00000103. The third-order valence-electron chi connectivity index (χ3n) is 10.0. The molecule has 2 atom stereocenters. The number of halogens is 6. The zero-order valence-electron chi connectivity index (χ0n) is 29.0. The van der Waals surface area contributed by atoms with Crippen molar-refractivity contribution in [2.24, 2.45) is 4.99 Å². The molecule has 2 heterocycles. The molecule has 0 amide bonds. The molecule has 1 fully saturated rings. The van der Waals surface area contributed by atoms with Crippen molar-refractivity contribution in [2.45, 2.75) is 62.4 Å². The van der Waals surface area contributed by atoms with E-state index in [1.165, 1.54) is 31.2 Å². The summed E-state index contributed by atoms with van der Waals surface area (Å²) in [5.74, 6) is -15.6. The molecule has 0 spiro atoms. The zero-order valence-corrected chi connectivity index (χ0v) is 32.8. The molecular formula is C37H34F6N3O5SZn+. The minimum atomic E-state index is -5.64. The van der Waals surface area contributed by atoms with Crippen LogP contribution in [0.25, 0.3) is 10.5 Å². The van der Waals surface area contributed by atoms with Gasteiger partial charge in [0.15, 0.2) is 5.60 Å². The van der Waals surface area contributed by atoms with Crippen LogP contribution in [0.3, 0.4) is 0 Å². The second-order valence-corrected chi connectivity index (χ2v) is 14.3. The first kappa shape index (κ1) is 39.9. The summed E-state index contributed by atoms with van der Waals surface area (Å²) < 4.78 is 97.3. The van der Waals surface area contributed by atoms with Crippen molar-refractivity contribution in [1.82, 2.24) is 0 Å². The van der Waals surface area contributed by atoms with Crippen molar-refractivity contribution in [3.8, 4) is 11.5 Å². The fourth-order valence-electron chi connectivity index (χ4n) is 7.24. The Hall–Kier alpha value is -4.30. The third-order valence-corrected chi connectivity index (χ3v) is 11.6. The van der Waals surface area contributed by atoms with Crippen LogP contribution in [0.4, 0.5) is 32.0 Å². The van der Waals surface area contributed by atoms with Gasteiger partial charge < -0.3 is 14.7 Å². The molecule has 2 unspecified atom stereocenters. The number of thioether (sulfide) groups is 1. The molecule has 53 heavy (non-hydrogen) atoms. The summed E-state index contributed by atoms with van der Waals surface area (Å²) in [7, 11) is 0. The molecule has 1 saturated carbocycles. The Morgan fingerprint density at radius 1 is 0.887 bits per heavy atom. The smallest absolute Gasteiger partial charge is 0.472 e. The monoisotopic (exact) mass is 810 g/mol. The summed E-state index contributed by atoms with van der Waals surface area (Å²) in [6.07, 6.45) is 2.91. The van der Waals surface area contributed by atoms with Gasteiger partial charge in [0.25, 0.3) is 0 Å². The van der Waals surface area contributed by atoms with E-state index >= 15 is 26.3 Å². The third kappa shape index (κ3) is 6.02. The number of allylic oxidation sites excluding steroid dienone is 3. The number of aliphatic imine (C=N–C) groups is 1. The van der Waals surface area contributed by atoms with Crippen LogP contribution in [0.1, 0.15) is 49.9 Å². The number of para-hydroxylation sites is 1. The van der Waals surface area contributed by atoms with Crippen LogP contribution in [-0.4, -0.2) is 68.0 Å². The molecule has 0 radical (unpaired) electrons. The summed E-state index contributed by atoms with van der Waals surface area (Å²) in [6, 6.07) is 18.6. The van der Waals surface area contributed by atoms with Gasteiger partial charge >= 0.3 is 22.9 Å². The van der Waals surface area contributed by atoms with E-state index in [1.54, 1.807) is 55.6 Å². The number of rotatable bonds is 7. The molecule has 0 bridgehead atoms. The van der Waals surface area contributed by atoms with Crippen LogP contribution in [0.2, 0.25) is 0 Å². The van der Waals surface area contributed by atoms with Crippen molar-refractivity contribution in [2.75, 3.05) is 18.0 Å². The second kappa shape index (κ2) is 13.8. The van der Waals surface area contributed by atoms with Crippen molar-refractivity contribution < 1.29 is 71.2 Å². The van der Waals surface area contributed by atoms with E-state index in [1.807, 2.05) is 19.9 Å². The van der Waals surface area contributed by atoms with Gasteiger partial charge in [-0.2, -0.15) is 26.3 Å². The van der Waals surface area contributed by atoms with Crippen LogP contribution in [0.5, 0.6) is 11.5 Å². The Morgan fingerprint density at radius 2 is 1.49 bits per heavy atom. The average molecular weight is 812 g/mol. The Kier molecular flexibility index (Phi) is 10.4. The molecular weight excluding hydrogens is 778 g/mol. The standard InChI is InChI=1S/C37H32F6N2O2S.H2NO3.Zn/c1-5-45(6-2)24-16-15-23(27(46)17-24)20-44-19-21-11-13-22(14-12-21)29-18-26-31-32(36(40,41)37(42,43)35(31,38)39)30-25-9-7-8-10-28(25)47-33(30,3)34(26,4)48-29;2-1(3)4;/h7-18,20,46H,5-6,19H2,1-4H3;(H2,2,3,4);/q;+1;. The molecule has 8 nitrogen and oxygen atoms in total. The van der Waals surface area contributed by atoms with E-state index in [0.717, 1.165) is 36.1 Å². The van der Waals surface area contributed by atoms with Crippen LogP contribution in [-0.2, 0) is 26.0 Å². The molecule has 7 rings (SSSR count). The van der Waals surface area contributed by atoms with Crippen LogP contribution < -0.4 is 9.64 Å². The number of hydrogen-bond donors (Lipinski definition) is 3. The van der Waals surface area contributed by atoms with Crippen molar-refractivity contribution in [3.63, 3.8) is 0 Å². The Bertz CT molecular complexity index is 2080. The number of benzene rings is 3. The molecule has 0 saturated heterocycles. The summed E-state index contributed by atoms with van der Waals surface area (Å²) >= 11 is 1.13. The minimum Gasteiger partial charge on any atom is -0.507 e. The first-order chi connectivity index (χ1) is 24.4. The average Bonchev–Trinajstić information content (AvgIpc) is 3.63. The van der Waals surface area contributed by atoms with Gasteiger partial charge in [-0.1, -0.05) is 42.5 Å². The van der Waals surface area contributed by atoms with Gasteiger partial charge in [-0.05, 0) is 68.7 Å². The van der Waals surface area contributed by atoms with Gasteiger partial charge in [0.05, 0.1) is 11.3 Å². The van der Waals surface area contributed by atoms with Crippen LogP contribution >= 0.6 is 11.8 Å². The van der Waals surface area contributed by atoms with E-state index in [0.29, 0.717) is 16.0 Å². The van der Waals surface area contributed by atoms with Crippen LogP contribution in [0.15, 0.2) is 94.5 Å². The number of fused-ring (bicyclic) bond motifs is 6. The predicted molar refractivity (Wildman–Crippen MR) is 185 cm³/mol. The van der Waals surface area contributed by atoms with Gasteiger partial charge in [-0.15, -0.1) is 11.8 Å². The summed E-state index contributed by atoms with van der Waals surface area (Å²) in [4.78, 5) is 15.5. The Labute approximate surface area is 317 Å². The largest absolute Gasteiger partial charge is 0.507 e. The van der Waals surface area contributed by atoms with Crippen molar-refractivity contribution in [1.29, 1.82) is 0 Å². The van der Waals surface area contributed by atoms with Gasteiger partial charge in [0.1, 0.15) is 16.4 Å². The van der Waals surface area contributed by atoms with Gasteiger partial charge in [0.2, 0.25) is 0 Å². The number of phenolic OH excluding ortho intramolecular Hbond substituents is 1. The summed E-state index contributed by atoms with van der Waals surface area (Å²) in [5.41, 5.74) is -1.95. The van der Waals surface area contributed by atoms with E-state index in [9.17, 15) is 5.11 Å². The van der Waals surface area contributed by atoms with Crippen molar-refractivity contribution in [3.05, 3.63) is 117 Å². The number of phenols is 1. The van der Waals surface area contributed by atoms with E-state index in [4.69, 9.17) is 20.1 Å². The zero-order chi connectivity index (χ0) is 38.0. The van der Waals surface area contributed by atoms with E-state index < -0.39 is 44.3 Å². The van der Waals surface area contributed by atoms with E-state index in [2.05, 4.69) is 9.89 Å². The molecule has 16 heteroatoms. The Morgan fingerprint density at radius 3 is 2.09 bits per heavy atom. The number of nitrogens with zero attached hydrogens (tertiary/aromatic N) is 3. The van der Waals surface area contributed by atoms with Gasteiger partial charge in [0, 0.05) is 83.3 Å². The van der Waals surface area contributed by atoms with Crippen molar-refractivity contribution >= 4 is 34.1 Å². The molecule has 2 aliphatic heterocycles. The second-order valence-electron chi connectivity index (χ2n) is 12.9. The number of alkyl halides is 6. The fourth-order valence-corrected chi connectivity index (χ4v) is 8.72.